The lowest BCUT2D eigenvalue weighted by molar-refractivity contribution is -0.156. The Bertz CT molecular complexity index is 824. The van der Waals surface area contributed by atoms with E-state index < -0.39 is 23.6 Å². The van der Waals surface area contributed by atoms with Gasteiger partial charge in [0.15, 0.2) is 0 Å². The Morgan fingerprint density at radius 1 is 1.33 bits per heavy atom. The first-order valence-corrected chi connectivity index (χ1v) is 9.64. The molecule has 0 bridgehead atoms. The summed E-state index contributed by atoms with van der Waals surface area (Å²) in [6.45, 7) is 8.02. The van der Waals surface area contributed by atoms with E-state index in [1.54, 1.807) is 0 Å². The van der Waals surface area contributed by atoms with Gasteiger partial charge in [-0.15, -0.1) is 0 Å². The van der Waals surface area contributed by atoms with E-state index in [1.807, 2.05) is 50.3 Å². The summed E-state index contributed by atoms with van der Waals surface area (Å²) < 4.78 is 5.72. The van der Waals surface area contributed by atoms with Crippen LogP contribution in [0.2, 0.25) is 0 Å². The van der Waals surface area contributed by atoms with Crippen LogP contribution in [0, 0.1) is 23.2 Å². The maximum absolute atomic E-state index is 13.3. The molecule has 0 radical (unpaired) electrons. The van der Waals surface area contributed by atoms with Crippen molar-refractivity contribution in [1.29, 1.82) is 0 Å². The van der Waals surface area contributed by atoms with E-state index in [0.29, 0.717) is 24.8 Å². The van der Waals surface area contributed by atoms with Gasteiger partial charge in [-0.25, -0.2) is 4.79 Å². The summed E-state index contributed by atoms with van der Waals surface area (Å²) in [5, 5.41) is 10.8. The first kappa shape index (κ1) is 18.2. The third kappa shape index (κ3) is 2.78. The molecule has 1 N–H and O–H groups in total. The van der Waals surface area contributed by atoms with E-state index >= 15 is 0 Å². The highest BCUT2D eigenvalue weighted by Gasteiger charge is 2.61. The van der Waals surface area contributed by atoms with Gasteiger partial charge in [-0.05, 0) is 25.3 Å². The first-order chi connectivity index (χ1) is 12.8. The van der Waals surface area contributed by atoms with E-state index in [2.05, 4.69) is 6.58 Å². The van der Waals surface area contributed by atoms with Crippen molar-refractivity contribution in [3.63, 3.8) is 0 Å². The zero-order valence-corrected chi connectivity index (χ0v) is 15.9. The van der Waals surface area contributed by atoms with Crippen LogP contribution in [0.3, 0.4) is 0 Å². The number of ether oxygens (including phenoxy) is 1. The fraction of sp³-hybridized carbons (Fsp3) is 0.478. The topological polar surface area (TPSA) is 63.6 Å². The Morgan fingerprint density at radius 3 is 2.74 bits per heavy atom. The lowest BCUT2D eigenvalue weighted by Crippen LogP contribution is -2.56. The minimum absolute atomic E-state index is 0.0739. The molecule has 3 aliphatic rings. The summed E-state index contributed by atoms with van der Waals surface area (Å²) in [7, 11) is 0. The zero-order chi connectivity index (χ0) is 19.3. The van der Waals surface area contributed by atoms with Crippen LogP contribution in [0.5, 0.6) is 0 Å². The van der Waals surface area contributed by atoms with Crippen molar-refractivity contribution in [2.24, 2.45) is 23.2 Å². The van der Waals surface area contributed by atoms with Gasteiger partial charge in [-0.3, -0.25) is 4.79 Å². The predicted octanol–water partition coefficient (Wildman–Crippen LogP) is 3.25. The van der Waals surface area contributed by atoms with Crippen molar-refractivity contribution in [2.45, 2.75) is 45.3 Å². The van der Waals surface area contributed by atoms with Gasteiger partial charge >= 0.3 is 5.97 Å². The van der Waals surface area contributed by atoms with Gasteiger partial charge in [0.05, 0.1) is 6.10 Å². The van der Waals surface area contributed by atoms with Gasteiger partial charge in [0.2, 0.25) is 0 Å². The van der Waals surface area contributed by atoms with Crippen LogP contribution in [0.1, 0.15) is 32.3 Å². The van der Waals surface area contributed by atoms with E-state index in [4.69, 9.17) is 4.74 Å². The molecule has 1 aromatic rings. The number of benzene rings is 1. The summed E-state index contributed by atoms with van der Waals surface area (Å²) in [5.41, 5.74) is 2.01. The molecule has 0 unspecified atom stereocenters. The van der Waals surface area contributed by atoms with Crippen molar-refractivity contribution in [3.05, 3.63) is 59.7 Å². The molecule has 142 valence electrons. The Kier molecular flexibility index (Phi) is 4.34. The molecule has 1 saturated carbocycles. The quantitative estimate of drug-likeness (QED) is 0.507. The Hall–Kier alpha value is -2.20. The molecule has 6 atom stereocenters. The molecule has 1 heterocycles. The first-order valence-electron chi connectivity index (χ1n) is 9.64. The predicted molar refractivity (Wildman–Crippen MR) is 102 cm³/mol. The van der Waals surface area contributed by atoms with Crippen LogP contribution in [-0.4, -0.2) is 29.1 Å². The van der Waals surface area contributed by atoms with Crippen LogP contribution in [0.25, 0.3) is 0 Å². The third-order valence-electron chi connectivity index (χ3n) is 6.94. The average molecular weight is 366 g/mol. The van der Waals surface area contributed by atoms with Gasteiger partial charge in [0.1, 0.15) is 11.9 Å². The highest BCUT2D eigenvalue weighted by atomic mass is 16.6. The monoisotopic (exact) mass is 366 g/mol. The Balaban J connectivity index is 1.72. The van der Waals surface area contributed by atoms with Crippen LogP contribution in [-0.2, 0) is 20.7 Å². The number of carbonyl (C=O) groups excluding carboxylic acids is 2. The van der Waals surface area contributed by atoms with Crippen molar-refractivity contribution < 1.29 is 19.4 Å². The lowest BCUT2D eigenvalue weighted by Gasteiger charge is -2.53. The number of hydrogen-bond acceptors (Lipinski definition) is 4. The number of rotatable bonds is 3. The van der Waals surface area contributed by atoms with Crippen molar-refractivity contribution in [2.75, 3.05) is 0 Å². The fourth-order valence-electron chi connectivity index (χ4n) is 5.52. The standard InChI is InChI=1S/C23H26O4/c1-13-9-10-18(25)23(3)12-16(17(24)11-15-7-5-4-6-8-15)19-14(2)22(26)27-21(19)20(13)23/h4-9,16,18-21,25H,2,10-12H2,1,3H3/t16-,18-,19-,20-,21+,23+/m1/s1. The molecule has 4 heteroatoms. The number of aliphatic hydroxyl groups is 1. The van der Waals surface area contributed by atoms with Gasteiger partial charge < -0.3 is 9.84 Å². The third-order valence-corrected chi connectivity index (χ3v) is 6.94. The second-order valence-electron chi connectivity index (χ2n) is 8.54. The number of hydrogen-bond donors (Lipinski definition) is 1. The Morgan fingerprint density at radius 2 is 2.04 bits per heavy atom. The van der Waals surface area contributed by atoms with Crippen molar-refractivity contribution in [1.82, 2.24) is 0 Å². The number of aliphatic hydroxyl groups excluding tert-OH is 1. The number of Topliss-reactive ketones (excluding diaryl/α,β-unsaturated/α-hetero) is 1. The number of ketones is 1. The van der Waals surface area contributed by atoms with Crippen molar-refractivity contribution in [3.8, 4) is 0 Å². The fourth-order valence-corrected chi connectivity index (χ4v) is 5.52. The number of esters is 1. The maximum atomic E-state index is 13.3. The van der Waals surface area contributed by atoms with Crippen LogP contribution in [0.4, 0.5) is 0 Å². The van der Waals surface area contributed by atoms with Gasteiger partial charge in [0.25, 0.3) is 0 Å². The minimum atomic E-state index is -0.549. The molecule has 1 aromatic carbocycles. The molecular weight excluding hydrogens is 340 g/mol. The van der Waals surface area contributed by atoms with Crippen LogP contribution < -0.4 is 0 Å². The Labute approximate surface area is 159 Å². The smallest absolute Gasteiger partial charge is 0.334 e. The van der Waals surface area contributed by atoms with E-state index in [1.165, 1.54) is 0 Å². The molecule has 4 nitrogen and oxygen atoms in total. The van der Waals surface area contributed by atoms with Gasteiger partial charge in [-0.1, -0.05) is 55.5 Å². The highest BCUT2D eigenvalue weighted by molar-refractivity contribution is 5.94. The van der Waals surface area contributed by atoms with Gasteiger partial charge in [0, 0.05) is 35.2 Å². The summed E-state index contributed by atoms with van der Waals surface area (Å²) in [6.07, 6.45) is 2.51. The number of fused-ring (bicyclic) bond motifs is 3. The van der Waals surface area contributed by atoms with Crippen molar-refractivity contribution >= 4 is 11.8 Å². The molecule has 0 aromatic heterocycles. The van der Waals surface area contributed by atoms with E-state index in [-0.39, 0.29) is 23.5 Å². The molecule has 1 saturated heterocycles. The second kappa shape index (κ2) is 6.45. The molecule has 2 aliphatic carbocycles. The lowest BCUT2D eigenvalue weighted by atomic mass is 9.51. The molecule has 1 aliphatic heterocycles. The van der Waals surface area contributed by atoms with Crippen LogP contribution >= 0.6 is 0 Å². The second-order valence-corrected chi connectivity index (χ2v) is 8.54. The SMILES string of the molecule is C=C1C(=O)O[C@H]2[C@H]1[C@@H](C(=O)Cc1ccccc1)C[C@@]1(C)[C@H](O)CC=C(C)[C@H]21. The summed E-state index contributed by atoms with van der Waals surface area (Å²) in [6, 6.07) is 9.65. The maximum Gasteiger partial charge on any atom is 0.334 e. The normalized spacial score (nSPS) is 37.9. The molecule has 27 heavy (non-hydrogen) atoms. The summed E-state index contributed by atoms with van der Waals surface area (Å²) >= 11 is 0. The van der Waals surface area contributed by atoms with E-state index in [0.717, 1.165) is 11.1 Å². The summed E-state index contributed by atoms with van der Waals surface area (Å²) in [4.78, 5) is 25.6. The summed E-state index contributed by atoms with van der Waals surface area (Å²) in [5.74, 6) is -1.05. The van der Waals surface area contributed by atoms with Crippen LogP contribution in [0.15, 0.2) is 54.1 Å². The van der Waals surface area contributed by atoms with Gasteiger partial charge in [-0.2, -0.15) is 0 Å². The highest BCUT2D eigenvalue weighted by Crippen LogP contribution is 2.58. The molecule has 4 rings (SSSR count). The average Bonchev–Trinajstić information content (AvgIpc) is 2.93. The number of carbonyl (C=O) groups is 2. The molecule has 0 amide bonds. The minimum Gasteiger partial charge on any atom is -0.458 e. The molecule has 0 spiro atoms. The van der Waals surface area contributed by atoms with E-state index in [9.17, 15) is 14.7 Å². The largest absolute Gasteiger partial charge is 0.458 e. The zero-order valence-electron chi connectivity index (χ0n) is 15.9. The molecular formula is C23H26O4. The molecule has 2 fully saturated rings.